The summed E-state index contributed by atoms with van der Waals surface area (Å²) in [6.07, 6.45) is 0.811. The first kappa shape index (κ1) is 54.9. The Labute approximate surface area is 508 Å². The van der Waals surface area contributed by atoms with Crippen LogP contribution in [0.3, 0.4) is 0 Å². The number of anilines is 3. The van der Waals surface area contributed by atoms with Crippen molar-refractivity contribution in [2.24, 2.45) is 0 Å². The molecule has 0 bridgehead atoms. The van der Waals surface area contributed by atoms with Gasteiger partial charge in [-0.1, -0.05) is 237 Å². The summed E-state index contributed by atoms with van der Waals surface area (Å²) < 4.78 is 5.19. The number of aromatic nitrogens is 1. The van der Waals surface area contributed by atoms with Gasteiger partial charge in [0.25, 0.3) is 0 Å². The largest absolute Gasteiger partial charge is 0.309 e. The SMILES string of the molecule is CC(C)(C)c1cc(-c2ccc3c(c2)C2c4ccc(C(C)(C)C)cc4N(c4c(-c5ccccc5)cc5sc6ccccc6c5c4-c4ccccc4)c4cc(-n5c6ccc(C(C)(C)C)cc6c6cc(C(C)(C)C)ccc65)cc(c42)C3)cc(C(C)(C)C)c1. The van der Waals surface area contributed by atoms with Gasteiger partial charge in [0.1, 0.15) is 0 Å². The van der Waals surface area contributed by atoms with Crippen LogP contribution in [0.1, 0.15) is 165 Å². The molecule has 0 amide bonds. The second-order valence-electron chi connectivity index (χ2n) is 29.9. The van der Waals surface area contributed by atoms with Crippen LogP contribution in [0.2, 0.25) is 0 Å². The van der Waals surface area contributed by atoms with Crippen LogP contribution in [0, 0.1) is 0 Å². The second kappa shape index (κ2) is 19.3. The molecule has 3 heteroatoms. The van der Waals surface area contributed by atoms with Gasteiger partial charge in [-0.3, -0.25) is 0 Å². The average Bonchev–Trinajstić information content (AvgIpc) is 1.55. The molecular formula is C82H80N2S. The third-order valence-electron chi connectivity index (χ3n) is 18.8. The highest BCUT2D eigenvalue weighted by Crippen LogP contribution is 2.61. The molecule has 424 valence electrons. The third kappa shape index (κ3) is 9.18. The maximum absolute atomic E-state index is 2.76. The molecule has 3 heterocycles. The van der Waals surface area contributed by atoms with Crippen LogP contribution in [-0.2, 0) is 33.5 Å². The van der Waals surface area contributed by atoms with E-state index in [0.717, 1.165) is 6.42 Å². The van der Waals surface area contributed by atoms with Crippen LogP contribution in [0.15, 0.2) is 194 Å². The Morgan fingerprint density at radius 3 is 1.53 bits per heavy atom. The van der Waals surface area contributed by atoms with Crippen molar-refractivity contribution < 1.29 is 0 Å². The molecule has 0 radical (unpaired) electrons. The Hall–Kier alpha value is -7.98. The fourth-order valence-corrected chi connectivity index (χ4v) is 15.1. The molecule has 2 nitrogen and oxygen atoms in total. The van der Waals surface area contributed by atoms with Crippen LogP contribution in [-0.4, -0.2) is 4.57 Å². The lowest BCUT2D eigenvalue weighted by molar-refractivity contribution is 0.569. The lowest BCUT2D eigenvalue weighted by Crippen LogP contribution is -2.28. The van der Waals surface area contributed by atoms with Gasteiger partial charge in [0.15, 0.2) is 0 Å². The van der Waals surface area contributed by atoms with Crippen molar-refractivity contribution in [3.8, 4) is 39.1 Å². The maximum Gasteiger partial charge on any atom is 0.0625 e. The molecule has 85 heavy (non-hydrogen) atoms. The number of rotatable bonds is 5. The van der Waals surface area contributed by atoms with Gasteiger partial charge in [-0.25, -0.2) is 0 Å². The van der Waals surface area contributed by atoms with E-state index in [1.807, 2.05) is 11.3 Å². The van der Waals surface area contributed by atoms with Crippen molar-refractivity contribution in [2.45, 2.75) is 143 Å². The minimum absolute atomic E-state index is 0.0119. The van der Waals surface area contributed by atoms with Crippen LogP contribution < -0.4 is 4.90 Å². The van der Waals surface area contributed by atoms with Crippen LogP contribution in [0.25, 0.3) is 81.0 Å². The fourth-order valence-electron chi connectivity index (χ4n) is 13.9. The Morgan fingerprint density at radius 1 is 0.376 bits per heavy atom. The van der Waals surface area contributed by atoms with Gasteiger partial charge in [-0.05, 0) is 172 Å². The number of benzene rings is 10. The summed E-state index contributed by atoms with van der Waals surface area (Å²) in [5, 5.41) is 5.18. The number of hydrogen-bond acceptors (Lipinski definition) is 2. The minimum atomic E-state index is -0.132. The van der Waals surface area contributed by atoms with Gasteiger partial charge in [0, 0.05) is 53.7 Å². The summed E-state index contributed by atoms with van der Waals surface area (Å²) in [7, 11) is 0. The molecule has 1 unspecified atom stereocenters. The van der Waals surface area contributed by atoms with E-state index in [0.29, 0.717) is 0 Å². The molecule has 0 fully saturated rings. The van der Waals surface area contributed by atoms with E-state index >= 15 is 0 Å². The number of nitrogens with zero attached hydrogens (tertiary/aromatic N) is 2. The molecule has 1 aliphatic heterocycles. The summed E-state index contributed by atoms with van der Waals surface area (Å²) in [4.78, 5) is 2.76. The maximum atomic E-state index is 2.76. The van der Waals surface area contributed by atoms with E-state index in [9.17, 15) is 0 Å². The Morgan fingerprint density at radius 2 is 0.929 bits per heavy atom. The van der Waals surface area contributed by atoms with Crippen LogP contribution >= 0.6 is 11.3 Å². The normalized spacial score (nSPS) is 14.6. The highest BCUT2D eigenvalue weighted by Gasteiger charge is 2.41. The van der Waals surface area contributed by atoms with Crippen molar-refractivity contribution in [2.75, 3.05) is 4.90 Å². The molecule has 2 aromatic heterocycles. The van der Waals surface area contributed by atoms with E-state index in [1.54, 1.807) is 0 Å². The Balaban J connectivity index is 1.15. The molecular weight excluding hydrogens is 1040 g/mol. The molecule has 10 aromatic carbocycles. The van der Waals surface area contributed by atoms with Crippen LogP contribution in [0.5, 0.6) is 0 Å². The minimum Gasteiger partial charge on any atom is -0.309 e. The standard InChI is InChI=1S/C82H80N2S/c1-78(2,3)55-33-36-67-65(44-55)66-45-56(79(4,5)6)34-37-68(66)83(67)60-41-54-38-52-31-30-51(53-39-58(81(10,11)12)43-59(40-53)82(13,14)15)42-63(52)75-61-35-32-57(80(7,8)9)46-69(61)84(70(47-60)73(54)75)77-64(49-24-18-16-19-25-49)48-72-76(62-28-22-23-29-71(62)85-72)74(77)50-26-20-17-21-27-50/h16-37,39-48,75H,38H2,1-15H3. The molecule has 12 aromatic rings. The highest BCUT2D eigenvalue weighted by atomic mass is 32.1. The summed E-state index contributed by atoms with van der Waals surface area (Å²) in [6, 6.07) is 76.3. The van der Waals surface area contributed by atoms with Crippen LogP contribution in [0.4, 0.5) is 17.1 Å². The zero-order valence-electron chi connectivity index (χ0n) is 52.6. The van der Waals surface area contributed by atoms with Crippen molar-refractivity contribution in [3.63, 3.8) is 0 Å². The van der Waals surface area contributed by atoms with E-state index in [1.165, 1.54) is 154 Å². The van der Waals surface area contributed by atoms with E-state index < -0.39 is 0 Å². The lowest BCUT2D eigenvalue weighted by atomic mass is 9.70. The Bertz CT molecular complexity index is 4580. The first-order valence-corrected chi connectivity index (χ1v) is 31.7. The Kier molecular flexibility index (Phi) is 12.4. The summed E-state index contributed by atoms with van der Waals surface area (Å²) in [6.45, 7) is 35.3. The monoisotopic (exact) mass is 1120 g/mol. The zero-order valence-corrected chi connectivity index (χ0v) is 53.4. The molecule has 14 rings (SSSR count). The van der Waals surface area contributed by atoms with Gasteiger partial charge < -0.3 is 9.47 Å². The van der Waals surface area contributed by atoms with E-state index in [2.05, 4.69) is 307 Å². The topological polar surface area (TPSA) is 8.17 Å². The molecule has 0 spiro atoms. The van der Waals surface area contributed by atoms with Gasteiger partial charge in [0.05, 0.1) is 28.1 Å². The number of fused-ring (bicyclic) bond motifs is 10. The second-order valence-corrected chi connectivity index (χ2v) is 31.0. The summed E-state index contributed by atoms with van der Waals surface area (Å²) in [5.74, 6) is -0.0381. The van der Waals surface area contributed by atoms with Gasteiger partial charge in [-0.15, -0.1) is 11.3 Å². The van der Waals surface area contributed by atoms with Gasteiger partial charge in [0.2, 0.25) is 0 Å². The first-order valence-electron chi connectivity index (χ1n) is 30.9. The molecule has 2 aliphatic rings. The molecule has 0 saturated carbocycles. The average molecular weight is 1130 g/mol. The number of thiophene rings is 1. The fraction of sp³-hybridized carbons (Fsp3) is 0.268. The molecule has 1 aliphatic carbocycles. The van der Waals surface area contributed by atoms with E-state index in [4.69, 9.17) is 0 Å². The van der Waals surface area contributed by atoms with Crippen molar-refractivity contribution in [1.29, 1.82) is 0 Å². The lowest BCUT2D eigenvalue weighted by Gasteiger charge is -2.44. The number of hydrogen-bond donors (Lipinski definition) is 0. The quantitative estimate of drug-likeness (QED) is 0.167. The molecule has 0 saturated heterocycles. The van der Waals surface area contributed by atoms with Crippen molar-refractivity contribution in [1.82, 2.24) is 4.57 Å². The van der Waals surface area contributed by atoms with E-state index in [-0.39, 0.29) is 33.0 Å². The third-order valence-corrected chi connectivity index (χ3v) is 19.9. The predicted molar refractivity (Wildman–Crippen MR) is 368 cm³/mol. The van der Waals surface area contributed by atoms with Crippen molar-refractivity contribution >= 4 is 70.4 Å². The summed E-state index contributed by atoms with van der Waals surface area (Å²) in [5.41, 5.74) is 28.2. The zero-order chi connectivity index (χ0) is 59.4. The van der Waals surface area contributed by atoms with Gasteiger partial charge in [-0.2, -0.15) is 0 Å². The van der Waals surface area contributed by atoms with Gasteiger partial charge >= 0.3 is 0 Å². The summed E-state index contributed by atoms with van der Waals surface area (Å²) >= 11 is 1.91. The highest BCUT2D eigenvalue weighted by molar-refractivity contribution is 7.26. The van der Waals surface area contributed by atoms with Crippen molar-refractivity contribution in [3.05, 3.63) is 250 Å². The smallest absolute Gasteiger partial charge is 0.0625 e. The first-order chi connectivity index (χ1) is 40.3. The molecule has 1 atom stereocenters. The predicted octanol–water partition coefficient (Wildman–Crippen LogP) is 23.5. The molecule has 0 N–H and O–H groups in total.